The Labute approximate surface area is 156 Å². The topological polar surface area (TPSA) is 54.9 Å². The predicted octanol–water partition coefficient (Wildman–Crippen LogP) is 4.94. The van der Waals surface area contributed by atoms with Gasteiger partial charge >= 0.3 is 0 Å². The van der Waals surface area contributed by atoms with Crippen molar-refractivity contribution in [1.29, 1.82) is 0 Å². The fourth-order valence-corrected chi connectivity index (χ4v) is 5.34. The van der Waals surface area contributed by atoms with E-state index < -0.39 is 0 Å². The summed E-state index contributed by atoms with van der Waals surface area (Å²) in [7, 11) is 0. The number of amides is 1. The average molecular weight is 422 g/mol. The van der Waals surface area contributed by atoms with Crippen LogP contribution in [0.25, 0.3) is 10.2 Å². The van der Waals surface area contributed by atoms with Crippen molar-refractivity contribution < 1.29 is 4.79 Å². The lowest BCUT2D eigenvalue weighted by Crippen LogP contribution is -2.21. The molecule has 0 spiro atoms. The molecule has 124 valence electrons. The number of aryl methyl sites for hydroxylation is 2. The summed E-state index contributed by atoms with van der Waals surface area (Å²) in [5.74, 6) is 1.43. The first-order valence-electron chi connectivity index (χ1n) is 7.81. The molecular weight excluding hydrogens is 406 g/mol. The maximum Gasteiger partial charge on any atom is 0.262 e. The third-order valence-electron chi connectivity index (χ3n) is 4.18. The van der Waals surface area contributed by atoms with E-state index in [0.29, 0.717) is 12.5 Å². The molecule has 1 fully saturated rings. The molecule has 1 amide bonds. The summed E-state index contributed by atoms with van der Waals surface area (Å²) in [4.78, 5) is 24.8. The number of carbonyl (C=O) groups is 1. The highest BCUT2D eigenvalue weighted by Crippen LogP contribution is 2.40. The molecule has 0 unspecified atom stereocenters. The van der Waals surface area contributed by atoms with Crippen LogP contribution in [0.1, 0.15) is 50.4 Å². The largest absolute Gasteiger partial charge is 0.346 e. The van der Waals surface area contributed by atoms with Gasteiger partial charge in [-0.05, 0) is 54.2 Å². The summed E-state index contributed by atoms with van der Waals surface area (Å²) in [5.41, 5.74) is 1.97. The standard InChI is InChI=1S/C17H16BrN3OS2/c1-8-13-9(2)20-15(10-3-4-10)21-17(13)24-14(8)16(22)19-6-12-5-11(18)7-23-12/h5,7,10H,3-4,6H2,1-2H3,(H,19,22). The summed E-state index contributed by atoms with van der Waals surface area (Å²) in [6, 6.07) is 2.03. The van der Waals surface area contributed by atoms with Gasteiger partial charge in [-0.2, -0.15) is 0 Å². The van der Waals surface area contributed by atoms with E-state index >= 15 is 0 Å². The molecule has 24 heavy (non-hydrogen) atoms. The van der Waals surface area contributed by atoms with Crippen molar-refractivity contribution in [3.63, 3.8) is 0 Å². The molecule has 0 radical (unpaired) electrons. The van der Waals surface area contributed by atoms with Gasteiger partial charge in [-0.15, -0.1) is 22.7 Å². The normalized spacial score (nSPS) is 14.3. The molecule has 3 aromatic heterocycles. The van der Waals surface area contributed by atoms with E-state index in [1.54, 1.807) is 11.3 Å². The quantitative estimate of drug-likeness (QED) is 0.648. The maximum atomic E-state index is 12.6. The SMILES string of the molecule is Cc1nc(C2CC2)nc2sc(C(=O)NCc3cc(Br)cs3)c(C)c12. The summed E-state index contributed by atoms with van der Waals surface area (Å²) in [5, 5.41) is 6.07. The first kappa shape index (κ1) is 16.2. The van der Waals surface area contributed by atoms with Crippen LogP contribution in [-0.4, -0.2) is 15.9 Å². The number of aromatic nitrogens is 2. The molecule has 0 bridgehead atoms. The van der Waals surface area contributed by atoms with Crippen molar-refractivity contribution in [2.24, 2.45) is 0 Å². The number of halogens is 1. The van der Waals surface area contributed by atoms with Crippen molar-refractivity contribution >= 4 is 54.7 Å². The van der Waals surface area contributed by atoms with E-state index in [1.165, 1.54) is 24.2 Å². The number of thiophene rings is 2. The number of nitrogens with zero attached hydrogens (tertiary/aromatic N) is 2. The van der Waals surface area contributed by atoms with Gasteiger partial charge in [-0.25, -0.2) is 9.97 Å². The number of hydrogen-bond acceptors (Lipinski definition) is 5. The van der Waals surface area contributed by atoms with Crippen LogP contribution < -0.4 is 5.32 Å². The van der Waals surface area contributed by atoms with E-state index in [4.69, 9.17) is 4.98 Å². The average Bonchev–Trinajstić information content (AvgIpc) is 3.23. The lowest BCUT2D eigenvalue weighted by atomic mass is 10.1. The Hall–Kier alpha value is -1.31. The number of carbonyl (C=O) groups excluding carboxylic acids is 1. The van der Waals surface area contributed by atoms with E-state index in [9.17, 15) is 4.79 Å². The molecule has 3 aromatic rings. The Morgan fingerprint density at radius 1 is 1.38 bits per heavy atom. The second kappa shape index (κ2) is 6.20. The molecule has 3 heterocycles. The molecule has 4 nitrogen and oxygen atoms in total. The van der Waals surface area contributed by atoms with Crippen LogP contribution >= 0.6 is 38.6 Å². The number of hydrogen-bond donors (Lipinski definition) is 1. The van der Waals surface area contributed by atoms with Crippen LogP contribution in [0.5, 0.6) is 0 Å². The molecule has 1 saturated carbocycles. The first-order chi connectivity index (χ1) is 11.5. The first-order valence-corrected chi connectivity index (χ1v) is 10.3. The molecular formula is C17H16BrN3OS2. The Bertz CT molecular complexity index is 943. The molecule has 0 aliphatic heterocycles. The van der Waals surface area contributed by atoms with Gasteiger partial charge in [0.15, 0.2) is 0 Å². The van der Waals surface area contributed by atoms with Gasteiger partial charge in [0.1, 0.15) is 10.7 Å². The Kier molecular flexibility index (Phi) is 4.18. The second-order valence-corrected chi connectivity index (χ2v) is 9.00. The van der Waals surface area contributed by atoms with Crippen molar-refractivity contribution in [2.45, 2.75) is 39.2 Å². The van der Waals surface area contributed by atoms with E-state index in [2.05, 4.69) is 26.2 Å². The Morgan fingerprint density at radius 2 is 2.17 bits per heavy atom. The molecule has 7 heteroatoms. The molecule has 0 aromatic carbocycles. The fourth-order valence-electron chi connectivity index (χ4n) is 2.79. The van der Waals surface area contributed by atoms with Gasteiger partial charge in [-0.1, -0.05) is 0 Å². The zero-order valence-electron chi connectivity index (χ0n) is 13.4. The minimum atomic E-state index is -0.0348. The number of fused-ring (bicyclic) bond motifs is 1. The monoisotopic (exact) mass is 421 g/mol. The van der Waals surface area contributed by atoms with Crippen molar-refractivity contribution in [3.8, 4) is 0 Å². The summed E-state index contributed by atoms with van der Waals surface area (Å²) >= 11 is 6.54. The predicted molar refractivity (Wildman–Crippen MR) is 102 cm³/mol. The summed E-state index contributed by atoms with van der Waals surface area (Å²) in [6.07, 6.45) is 2.36. The van der Waals surface area contributed by atoms with Gasteiger partial charge in [0.05, 0.1) is 17.1 Å². The zero-order valence-corrected chi connectivity index (χ0v) is 16.6. The molecule has 1 N–H and O–H groups in total. The third-order valence-corrected chi connectivity index (χ3v) is 7.06. The van der Waals surface area contributed by atoms with Crippen LogP contribution in [0, 0.1) is 13.8 Å². The van der Waals surface area contributed by atoms with Gasteiger partial charge in [0.25, 0.3) is 5.91 Å². The van der Waals surface area contributed by atoms with E-state index in [0.717, 1.165) is 41.5 Å². The van der Waals surface area contributed by atoms with E-state index in [-0.39, 0.29) is 5.91 Å². The van der Waals surface area contributed by atoms with Crippen LogP contribution in [0.4, 0.5) is 0 Å². The molecule has 0 atom stereocenters. The maximum absolute atomic E-state index is 12.6. The lowest BCUT2D eigenvalue weighted by molar-refractivity contribution is 0.0955. The number of rotatable bonds is 4. The van der Waals surface area contributed by atoms with Crippen LogP contribution in [0.3, 0.4) is 0 Å². The number of nitrogens with one attached hydrogen (secondary N) is 1. The highest BCUT2D eigenvalue weighted by atomic mass is 79.9. The Balaban J connectivity index is 1.62. The fraction of sp³-hybridized carbons (Fsp3) is 0.353. The summed E-state index contributed by atoms with van der Waals surface area (Å²) in [6.45, 7) is 4.55. The molecule has 1 aliphatic carbocycles. The van der Waals surface area contributed by atoms with E-state index in [1.807, 2.05) is 25.3 Å². The molecule has 4 rings (SSSR count). The van der Waals surface area contributed by atoms with Crippen LogP contribution in [-0.2, 0) is 6.54 Å². The minimum absolute atomic E-state index is 0.0348. The van der Waals surface area contributed by atoms with Crippen molar-refractivity contribution in [1.82, 2.24) is 15.3 Å². The zero-order chi connectivity index (χ0) is 16.8. The molecule has 0 saturated heterocycles. The lowest BCUT2D eigenvalue weighted by Gasteiger charge is -2.03. The highest BCUT2D eigenvalue weighted by Gasteiger charge is 2.28. The van der Waals surface area contributed by atoms with Gasteiger partial charge < -0.3 is 5.32 Å². The smallest absolute Gasteiger partial charge is 0.262 e. The van der Waals surface area contributed by atoms with Gasteiger partial charge in [0.2, 0.25) is 0 Å². The molecule has 1 aliphatic rings. The highest BCUT2D eigenvalue weighted by molar-refractivity contribution is 9.10. The van der Waals surface area contributed by atoms with Crippen molar-refractivity contribution in [2.75, 3.05) is 0 Å². The minimum Gasteiger partial charge on any atom is -0.346 e. The van der Waals surface area contributed by atoms with Crippen LogP contribution in [0.15, 0.2) is 15.9 Å². The third kappa shape index (κ3) is 3.00. The van der Waals surface area contributed by atoms with Crippen molar-refractivity contribution in [3.05, 3.63) is 42.8 Å². The van der Waals surface area contributed by atoms with Gasteiger partial charge in [0, 0.05) is 26.0 Å². The van der Waals surface area contributed by atoms with Crippen LogP contribution in [0.2, 0.25) is 0 Å². The Morgan fingerprint density at radius 3 is 2.83 bits per heavy atom. The summed E-state index contributed by atoms with van der Waals surface area (Å²) < 4.78 is 1.05. The second-order valence-electron chi connectivity index (χ2n) is 6.09. The van der Waals surface area contributed by atoms with Gasteiger partial charge in [-0.3, -0.25) is 4.79 Å².